The number of halogens is 1. The molecule has 0 radical (unpaired) electrons. The van der Waals surface area contributed by atoms with Crippen molar-refractivity contribution in [3.8, 4) is 0 Å². The maximum absolute atomic E-state index is 13.1. The third kappa shape index (κ3) is 5.94. The quantitative estimate of drug-likeness (QED) is 0.847. The van der Waals surface area contributed by atoms with Crippen LogP contribution in [-0.4, -0.2) is 22.4 Å². The molecule has 1 atom stereocenters. The zero-order valence-corrected chi connectivity index (χ0v) is 13.9. The van der Waals surface area contributed by atoms with E-state index in [0.717, 1.165) is 6.42 Å². The second-order valence-electron chi connectivity index (χ2n) is 5.38. The molecule has 0 saturated heterocycles. The Morgan fingerprint density at radius 3 is 2.70 bits per heavy atom. The van der Waals surface area contributed by atoms with Crippen molar-refractivity contribution in [1.82, 2.24) is 5.32 Å². The highest BCUT2D eigenvalue weighted by Crippen LogP contribution is 2.08. The van der Waals surface area contributed by atoms with Crippen molar-refractivity contribution in [2.24, 2.45) is 0 Å². The summed E-state index contributed by atoms with van der Waals surface area (Å²) in [5.41, 5.74) is 3.01. The Labute approximate surface area is 138 Å². The van der Waals surface area contributed by atoms with E-state index in [1.54, 1.807) is 12.1 Å². The molecule has 0 aromatic heterocycles. The van der Waals surface area contributed by atoms with Crippen molar-refractivity contribution in [1.29, 1.82) is 0 Å². The van der Waals surface area contributed by atoms with Gasteiger partial charge in [0, 0.05) is 23.1 Å². The van der Waals surface area contributed by atoms with Gasteiger partial charge in [0.15, 0.2) is 0 Å². The molecule has 0 unspecified atom stereocenters. The van der Waals surface area contributed by atoms with Gasteiger partial charge in [-0.05, 0) is 42.2 Å². The summed E-state index contributed by atoms with van der Waals surface area (Å²) in [6, 6.07) is 14.0. The molecule has 2 rings (SSSR count). The second-order valence-corrected chi connectivity index (χ2v) is 6.84. The molecular weight excluding hydrogens is 313 g/mol. The van der Waals surface area contributed by atoms with Crippen LogP contribution in [0, 0.1) is 12.7 Å². The molecule has 0 aliphatic rings. The largest absolute Gasteiger partial charge is 0.355 e. The van der Waals surface area contributed by atoms with Gasteiger partial charge in [0.25, 0.3) is 0 Å². The summed E-state index contributed by atoms with van der Waals surface area (Å²) in [4.78, 5) is 11.8. The van der Waals surface area contributed by atoms with Crippen LogP contribution < -0.4 is 5.32 Å². The first-order chi connectivity index (χ1) is 11.0. The lowest BCUT2D eigenvalue weighted by Crippen LogP contribution is -2.30. The van der Waals surface area contributed by atoms with E-state index in [0.29, 0.717) is 12.1 Å². The van der Waals surface area contributed by atoms with Crippen LogP contribution in [0.25, 0.3) is 0 Å². The molecule has 0 aliphatic heterocycles. The fraction of sp³-hybridized carbons (Fsp3) is 0.278. The first-order valence-corrected chi connectivity index (χ1v) is 8.94. The minimum atomic E-state index is -1.34. The lowest BCUT2D eigenvalue weighted by Gasteiger charge is -2.07. The smallest absolute Gasteiger partial charge is 0.232 e. The molecule has 0 saturated carbocycles. The van der Waals surface area contributed by atoms with E-state index in [4.69, 9.17) is 0 Å². The fourth-order valence-electron chi connectivity index (χ4n) is 2.29. The molecule has 2 aromatic rings. The Balaban J connectivity index is 1.74. The molecule has 0 bridgehead atoms. The number of carbonyl (C=O) groups is 1. The summed E-state index contributed by atoms with van der Waals surface area (Å²) in [7, 11) is -1.34. The standard InChI is InChI=1S/C18H20FNO2S/c1-14-5-2-3-7-16(14)9-10-20-18(21)13-23(22)12-15-6-4-8-17(19)11-15/h2-8,11H,9-10,12-13H2,1H3,(H,20,21)/t23-/m1/s1. The van der Waals surface area contributed by atoms with E-state index in [1.807, 2.05) is 31.2 Å². The topological polar surface area (TPSA) is 46.2 Å². The van der Waals surface area contributed by atoms with Gasteiger partial charge in [-0.2, -0.15) is 0 Å². The molecule has 0 aliphatic carbocycles. The van der Waals surface area contributed by atoms with Gasteiger partial charge in [-0.25, -0.2) is 4.39 Å². The van der Waals surface area contributed by atoms with E-state index >= 15 is 0 Å². The van der Waals surface area contributed by atoms with Crippen LogP contribution in [0.4, 0.5) is 4.39 Å². The molecule has 0 heterocycles. The number of carbonyl (C=O) groups excluding carboxylic acids is 1. The third-order valence-corrected chi connectivity index (χ3v) is 4.73. The molecule has 122 valence electrons. The van der Waals surface area contributed by atoms with Gasteiger partial charge in [0.1, 0.15) is 11.6 Å². The highest BCUT2D eigenvalue weighted by Gasteiger charge is 2.09. The Morgan fingerprint density at radius 2 is 1.96 bits per heavy atom. The zero-order chi connectivity index (χ0) is 16.7. The van der Waals surface area contributed by atoms with E-state index in [1.165, 1.54) is 23.3 Å². The van der Waals surface area contributed by atoms with Crippen LogP contribution in [0.3, 0.4) is 0 Å². The molecule has 23 heavy (non-hydrogen) atoms. The van der Waals surface area contributed by atoms with E-state index in [2.05, 4.69) is 5.32 Å². The maximum Gasteiger partial charge on any atom is 0.232 e. The molecule has 5 heteroatoms. The van der Waals surface area contributed by atoms with E-state index < -0.39 is 10.8 Å². The summed E-state index contributed by atoms with van der Waals surface area (Å²) in [5, 5.41) is 2.78. The highest BCUT2D eigenvalue weighted by molar-refractivity contribution is 7.84. The molecule has 3 nitrogen and oxygen atoms in total. The molecule has 1 N–H and O–H groups in total. The van der Waals surface area contributed by atoms with Crippen molar-refractivity contribution in [3.63, 3.8) is 0 Å². The first-order valence-electron chi connectivity index (χ1n) is 7.45. The van der Waals surface area contributed by atoms with Gasteiger partial charge in [-0.15, -0.1) is 0 Å². The van der Waals surface area contributed by atoms with E-state index in [9.17, 15) is 13.4 Å². The average Bonchev–Trinajstić information content (AvgIpc) is 2.49. The Morgan fingerprint density at radius 1 is 1.17 bits per heavy atom. The second kappa shape index (κ2) is 8.58. The lowest BCUT2D eigenvalue weighted by atomic mass is 10.1. The third-order valence-electron chi connectivity index (χ3n) is 3.49. The van der Waals surface area contributed by atoms with Crippen molar-refractivity contribution >= 4 is 16.7 Å². The van der Waals surface area contributed by atoms with Crippen LogP contribution in [0.5, 0.6) is 0 Å². The van der Waals surface area contributed by atoms with Crippen LogP contribution in [-0.2, 0) is 27.8 Å². The SMILES string of the molecule is Cc1ccccc1CCNC(=O)C[S@](=O)Cc1cccc(F)c1. The first kappa shape index (κ1) is 17.3. The monoisotopic (exact) mass is 333 g/mol. The summed E-state index contributed by atoms with van der Waals surface area (Å²) in [5.74, 6) is -0.483. The molecule has 1 amide bonds. The summed E-state index contributed by atoms with van der Waals surface area (Å²) in [6.45, 7) is 2.55. The van der Waals surface area contributed by atoms with Gasteiger partial charge in [0.05, 0.1) is 0 Å². The minimum Gasteiger partial charge on any atom is -0.355 e. The Hall–Kier alpha value is -2.01. The zero-order valence-electron chi connectivity index (χ0n) is 13.0. The van der Waals surface area contributed by atoms with Crippen LogP contribution in [0.15, 0.2) is 48.5 Å². The molecular formula is C18H20FNO2S. The van der Waals surface area contributed by atoms with Crippen LogP contribution >= 0.6 is 0 Å². The Bertz CT molecular complexity index is 703. The van der Waals surface area contributed by atoms with E-state index in [-0.39, 0.29) is 23.2 Å². The predicted molar refractivity (Wildman–Crippen MR) is 91.0 cm³/mol. The molecule has 2 aromatic carbocycles. The number of benzene rings is 2. The van der Waals surface area contributed by atoms with Crippen molar-refractivity contribution in [2.75, 3.05) is 12.3 Å². The van der Waals surface area contributed by atoms with Crippen LogP contribution in [0.2, 0.25) is 0 Å². The Kier molecular flexibility index (Phi) is 6.47. The van der Waals surface area contributed by atoms with Gasteiger partial charge in [-0.1, -0.05) is 36.4 Å². The average molecular weight is 333 g/mol. The number of aryl methyl sites for hydroxylation is 1. The number of amides is 1. The van der Waals surface area contributed by atoms with Gasteiger partial charge < -0.3 is 5.32 Å². The van der Waals surface area contributed by atoms with Crippen LogP contribution in [0.1, 0.15) is 16.7 Å². The van der Waals surface area contributed by atoms with Crippen molar-refractivity contribution < 1.29 is 13.4 Å². The number of nitrogens with one attached hydrogen (secondary N) is 1. The number of rotatable bonds is 7. The summed E-state index contributed by atoms with van der Waals surface area (Å²) >= 11 is 0. The predicted octanol–water partition coefficient (Wildman–Crippen LogP) is 2.74. The van der Waals surface area contributed by atoms with Gasteiger partial charge in [-0.3, -0.25) is 9.00 Å². The number of hydrogen-bond donors (Lipinski definition) is 1. The normalized spacial score (nSPS) is 11.9. The molecule has 0 fully saturated rings. The minimum absolute atomic E-state index is 0.0652. The fourth-order valence-corrected chi connectivity index (χ4v) is 3.34. The van der Waals surface area contributed by atoms with Gasteiger partial charge >= 0.3 is 0 Å². The van der Waals surface area contributed by atoms with Crippen molar-refractivity contribution in [3.05, 3.63) is 71.0 Å². The highest BCUT2D eigenvalue weighted by atomic mass is 32.2. The maximum atomic E-state index is 13.1. The van der Waals surface area contributed by atoms with Gasteiger partial charge in [0.2, 0.25) is 5.91 Å². The summed E-state index contributed by atoms with van der Waals surface area (Å²) < 4.78 is 25.0. The molecule has 0 spiro atoms. The lowest BCUT2D eigenvalue weighted by molar-refractivity contribution is -0.118. The number of hydrogen-bond acceptors (Lipinski definition) is 2. The van der Waals surface area contributed by atoms with Crippen molar-refractivity contribution in [2.45, 2.75) is 19.1 Å². The summed E-state index contributed by atoms with van der Waals surface area (Å²) in [6.07, 6.45) is 0.745.